The summed E-state index contributed by atoms with van der Waals surface area (Å²) >= 11 is 30.2. The van der Waals surface area contributed by atoms with E-state index in [1.807, 2.05) is 0 Å². The number of hydrogen-bond acceptors (Lipinski definition) is 13. The summed E-state index contributed by atoms with van der Waals surface area (Å²) in [6.07, 6.45) is -0.319. The fourth-order valence-electron chi connectivity index (χ4n) is 5.07. The van der Waals surface area contributed by atoms with Crippen LogP contribution in [-0.2, 0) is 12.8 Å². The second-order valence-electron chi connectivity index (χ2n) is 10.6. The highest BCUT2D eigenvalue weighted by Crippen LogP contribution is 2.42. The number of anilines is 1. The molecule has 0 aliphatic carbocycles. The first kappa shape index (κ1) is 41.9. The Morgan fingerprint density at radius 1 is 0.472 bits per heavy atom. The molecule has 0 spiro atoms. The maximum absolute atomic E-state index is 11.5. The van der Waals surface area contributed by atoms with Crippen LogP contribution in [0.3, 0.4) is 0 Å². The fraction of sp³-hybridized carbons (Fsp3) is 0.172. The number of benzene rings is 4. The zero-order chi connectivity index (χ0) is 40.2. The number of non-ortho nitro benzene ring substituents is 2. The summed E-state index contributed by atoms with van der Waals surface area (Å²) in [5.74, 6) is 0. The van der Waals surface area contributed by atoms with Crippen LogP contribution < -0.4 is 5.32 Å². The van der Waals surface area contributed by atoms with E-state index in [0.29, 0.717) is 0 Å². The van der Waals surface area contributed by atoms with E-state index in [0.717, 1.165) is 36.4 Å². The molecule has 0 amide bonds. The third-order valence-electron chi connectivity index (χ3n) is 7.67. The first-order valence-corrected chi connectivity index (χ1v) is 16.0. The quantitative estimate of drug-likeness (QED) is 0.109. The van der Waals surface area contributed by atoms with E-state index in [-0.39, 0.29) is 88.4 Å². The number of hydrogen-bond donors (Lipinski definition) is 1. The number of nitrogens with one attached hydrogen (secondary N) is 1. The van der Waals surface area contributed by atoms with Crippen molar-refractivity contribution in [1.82, 2.24) is 0 Å². The molecule has 53 heavy (non-hydrogen) atoms. The lowest BCUT2D eigenvalue weighted by molar-refractivity contribution is -0.394. The number of halogens is 5. The molecule has 0 radical (unpaired) electrons. The first-order valence-electron chi connectivity index (χ1n) is 14.1. The zero-order valence-electron chi connectivity index (χ0n) is 26.9. The molecule has 0 unspecified atom stereocenters. The van der Waals surface area contributed by atoms with Gasteiger partial charge in [0.25, 0.3) is 34.1 Å². The van der Waals surface area contributed by atoms with Gasteiger partial charge in [0.2, 0.25) is 0 Å². The molecule has 0 fully saturated rings. The minimum Gasteiger partial charge on any atom is -0.382 e. The summed E-state index contributed by atoms with van der Waals surface area (Å²) in [4.78, 5) is 62.4. The van der Waals surface area contributed by atoms with Crippen molar-refractivity contribution in [3.05, 3.63) is 156 Å². The van der Waals surface area contributed by atoms with Crippen molar-refractivity contribution in [1.29, 1.82) is 0 Å². The average Bonchev–Trinajstić information content (AvgIpc) is 3.05. The van der Waals surface area contributed by atoms with Gasteiger partial charge >= 0.3 is 0 Å². The molecular weight excluding hydrogens is 816 g/mol. The van der Waals surface area contributed by atoms with Gasteiger partial charge in [0.05, 0.1) is 61.8 Å². The van der Waals surface area contributed by atoms with E-state index in [1.54, 1.807) is 0 Å². The van der Waals surface area contributed by atoms with E-state index in [1.165, 1.54) is 20.9 Å². The molecule has 0 bridgehead atoms. The van der Waals surface area contributed by atoms with Crippen molar-refractivity contribution in [2.75, 3.05) is 12.4 Å². The number of nitro benzene ring substituents is 6. The summed E-state index contributed by atoms with van der Waals surface area (Å²) in [6.45, 7) is 2.89. The summed E-state index contributed by atoms with van der Waals surface area (Å²) in [5.41, 5.74) is -1.48. The van der Waals surface area contributed by atoms with Crippen molar-refractivity contribution in [2.24, 2.45) is 0 Å². The molecule has 24 heteroatoms. The number of rotatable bonds is 11. The Balaban J connectivity index is 0.000000286. The molecule has 0 atom stereocenters. The van der Waals surface area contributed by atoms with Crippen LogP contribution in [0.2, 0.25) is 25.1 Å². The third kappa shape index (κ3) is 9.13. The third-order valence-corrected chi connectivity index (χ3v) is 9.50. The van der Waals surface area contributed by atoms with Gasteiger partial charge in [-0.15, -0.1) is 0 Å². The lowest BCUT2D eigenvalue weighted by atomic mass is 9.96. The van der Waals surface area contributed by atoms with E-state index < -0.39 is 52.3 Å². The Morgan fingerprint density at radius 2 is 0.792 bits per heavy atom. The summed E-state index contributed by atoms with van der Waals surface area (Å²) in [5, 5.41) is 69.0. The van der Waals surface area contributed by atoms with Crippen LogP contribution in [0.5, 0.6) is 0 Å². The number of nitrogens with zero attached hydrogens (tertiary/aromatic N) is 6. The van der Waals surface area contributed by atoms with E-state index in [4.69, 9.17) is 58.0 Å². The van der Waals surface area contributed by atoms with Crippen molar-refractivity contribution < 1.29 is 29.5 Å². The SMILES string of the molecule is CNc1c([N+](=O)[O-])cc([N+](=O)[O-])c(Cc2c(Cl)cc([N+](=O)[O-])cc2Cl)c1C.Cc1c(Cl)c([N+](=O)[O-])cc([N+](=O)[O-])c1Cc1c(Cl)cc([N+](=O)[O-])cc1Cl. The van der Waals surface area contributed by atoms with Gasteiger partial charge in [-0.25, -0.2) is 0 Å². The van der Waals surface area contributed by atoms with Crippen LogP contribution in [0.15, 0.2) is 36.4 Å². The molecule has 0 saturated carbocycles. The number of nitro groups is 6. The Morgan fingerprint density at radius 3 is 1.09 bits per heavy atom. The molecule has 0 heterocycles. The van der Waals surface area contributed by atoms with Crippen LogP contribution in [0.1, 0.15) is 33.4 Å². The Labute approximate surface area is 320 Å². The van der Waals surface area contributed by atoms with Crippen LogP contribution in [-0.4, -0.2) is 36.6 Å². The fourth-order valence-corrected chi connectivity index (χ4v) is 6.52. The topological polar surface area (TPSA) is 271 Å². The van der Waals surface area contributed by atoms with Crippen LogP contribution in [0.25, 0.3) is 0 Å². The maximum atomic E-state index is 11.5. The van der Waals surface area contributed by atoms with E-state index in [9.17, 15) is 60.7 Å². The predicted molar refractivity (Wildman–Crippen MR) is 195 cm³/mol. The van der Waals surface area contributed by atoms with Gasteiger partial charge in [-0.05, 0) is 36.1 Å². The van der Waals surface area contributed by atoms with Gasteiger partial charge in [-0.3, -0.25) is 60.7 Å². The molecule has 0 aromatic heterocycles. The largest absolute Gasteiger partial charge is 0.382 e. The van der Waals surface area contributed by atoms with Gasteiger partial charge in [-0.1, -0.05) is 58.0 Å². The second kappa shape index (κ2) is 16.9. The highest BCUT2D eigenvalue weighted by atomic mass is 35.5. The molecular formula is C29H20Cl5N7O12. The monoisotopic (exact) mass is 833 g/mol. The van der Waals surface area contributed by atoms with Gasteiger partial charge in [0, 0.05) is 55.3 Å². The van der Waals surface area contributed by atoms with Crippen molar-refractivity contribution >= 4 is 97.8 Å². The average molecular weight is 836 g/mol. The van der Waals surface area contributed by atoms with Gasteiger partial charge in [0.15, 0.2) is 0 Å². The van der Waals surface area contributed by atoms with Gasteiger partial charge in [-0.2, -0.15) is 0 Å². The summed E-state index contributed by atoms with van der Waals surface area (Å²) in [6, 6.07) is 5.94. The Kier molecular flexibility index (Phi) is 13.4. The standard InChI is InChI=1S/C15H12Cl2N4O6.C14H8Cl3N3O6/c1-7-9(5-10-11(16)3-8(19(22)23)4-12(10)17)13(20(24)25)6-14(21(26)27)15(7)18-2;1-6-8(12(19(23)24)5-13(14(6)17)20(25)26)4-9-10(15)2-7(18(21)22)3-11(9)16/h3-4,6,18H,5H2,1-2H3;2-3,5H,4H2,1H3. The lowest BCUT2D eigenvalue weighted by Gasteiger charge is -2.14. The highest BCUT2D eigenvalue weighted by Gasteiger charge is 2.30. The smallest absolute Gasteiger partial charge is 0.299 e. The zero-order valence-corrected chi connectivity index (χ0v) is 30.6. The molecule has 1 N–H and O–H groups in total. The molecule has 4 aromatic rings. The van der Waals surface area contributed by atoms with Crippen molar-refractivity contribution in [3.8, 4) is 0 Å². The minimum atomic E-state index is -0.821. The van der Waals surface area contributed by atoms with E-state index >= 15 is 0 Å². The van der Waals surface area contributed by atoms with Gasteiger partial charge in [0.1, 0.15) is 10.7 Å². The molecule has 278 valence electrons. The van der Waals surface area contributed by atoms with E-state index in [2.05, 4.69) is 5.32 Å². The molecule has 0 saturated heterocycles. The first-order chi connectivity index (χ1) is 24.6. The Bertz CT molecular complexity index is 2210. The minimum absolute atomic E-state index is 0.0349. The van der Waals surface area contributed by atoms with Crippen LogP contribution >= 0.6 is 58.0 Å². The molecule has 0 aliphatic rings. The predicted octanol–water partition coefficient (Wildman–Crippen LogP) is 9.93. The molecule has 4 aromatic carbocycles. The van der Waals surface area contributed by atoms with Crippen LogP contribution in [0.4, 0.5) is 39.8 Å². The second-order valence-corrected chi connectivity index (χ2v) is 12.7. The van der Waals surface area contributed by atoms with Crippen molar-refractivity contribution in [2.45, 2.75) is 26.7 Å². The normalized spacial score (nSPS) is 10.6. The maximum Gasteiger partial charge on any atom is 0.299 e. The van der Waals surface area contributed by atoms with Crippen molar-refractivity contribution in [3.63, 3.8) is 0 Å². The van der Waals surface area contributed by atoms with Crippen LogP contribution in [0, 0.1) is 74.5 Å². The van der Waals surface area contributed by atoms with Gasteiger partial charge < -0.3 is 5.32 Å². The lowest BCUT2D eigenvalue weighted by Crippen LogP contribution is -2.07. The molecule has 19 nitrogen and oxygen atoms in total. The summed E-state index contributed by atoms with van der Waals surface area (Å²) in [7, 11) is 1.46. The Hall–Kier alpha value is -5.47. The highest BCUT2D eigenvalue weighted by molar-refractivity contribution is 6.37. The molecule has 4 rings (SSSR count). The molecule has 0 aliphatic heterocycles. The summed E-state index contributed by atoms with van der Waals surface area (Å²) < 4.78 is 0.